The number of carboxylic acids is 1. The maximum atomic E-state index is 11.4. The van der Waals surface area contributed by atoms with Gasteiger partial charge in [-0.2, -0.15) is 0 Å². The number of amides is 1. The van der Waals surface area contributed by atoms with Gasteiger partial charge in [0.05, 0.1) is 185 Å². The van der Waals surface area contributed by atoms with E-state index in [1.807, 2.05) is 0 Å². The Morgan fingerprint density at radius 1 is 0.382 bits per heavy atom. The van der Waals surface area contributed by atoms with Gasteiger partial charge in [-0.05, 0) is 13.3 Å². The van der Waals surface area contributed by atoms with Crippen LogP contribution < -0.4 is 5.32 Å². The van der Waals surface area contributed by atoms with Crippen molar-refractivity contribution in [2.24, 2.45) is 0 Å². The lowest BCUT2D eigenvalue weighted by Gasteiger charge is -2.09. The number of carbonyl (C=O) groups excluding carboxylic acids is 2. The minimum absolute atomic E-state index is 0.0146. The van der Waals surface area contributed by atoms with Crippen LogP contribution in [-0.4, -0.2) is 208 Å². The Hall–Kier alpha value is -2.11. The van der Waals surface area contributed by atoms with Gasteiger partial charge in [0.25, 0.3) is 0 Å². The SMILES string of the molecule is CCOC(=O)CCOCCOCCOCCOCCOCCOCCOCCOCCOCCOCCOCCOCCOCCCNC(=O)CCC(=O)O. The first-order chi connectivity index (χ1) is 27.1. The fraction of sp³-hybridized carbons (Fsp3) is 0.917. The molecule has 1 amide bonds. The van der Waals surface area contributed by atoms with Crippen molar-refractivity contribution in [1.82, 2.24) is 5.32 Å². The third-order valence-corrected chi connectivity index (χ3v) is 6.57. The van der Waals surface area contributed by atoms with Crippen LogP contribution in [0.15, 0.2) is 0 Å². The van der Waals surface area contributed by atoms with Crippen LogP contribution in [0.5, 0.6) is 0 Å². The van der Waals surface area contributed by atoms with E-state index in [4.69, 9.17) is 71.4 Å². The molecule has 0 aromatic heterocycles. The van der Waals surface area contributed by atoms with Gasteiger partial charge in [0.1, 0.15) is 0 Å². The Kier molecular flexibility index (Phi) is 44.5. The van der Waals surface area contributed by atoms with Gasteiger partial charge in [-0.15, -0.1) is 0 Å². The Morgan fingerprint density at radius 3 is 0.927 bits per heavy atom. The molecule has 0 rings (SSSR count). The van der Waals surface area contributed by atoms with E-state index in [0.29, 0.717) is 191 Å². The Labute approximate surface area is 326 Å². The predicted molar refractivity (Wildman–Crippen MR) is 196 cm³/mol. The van der Waals surface area contributed by atoms with E-state index in [1.54, 1.807) is 6.92 Å². The first-order valence-electron chi connectivity index (χ1n) is 19.2. The number of esters is 1. The highest BCUT2D eigenvalue weighted by Crippen LogP contribution is 1.92. The highest BCUT2D eigenvalue weighted by Gasteiger charge is 2.04. The second kappa shape index (κ2) is 46.3. The zero-order chi connectivity index (χ0) is 40.0. The molecule has 0 bridgehead atoms. The molecule has 326 valence electrons. The smallest absolute Gasteiger partial charge is 0.308 e. The minimum atomic E-state index is -0.986. The van der Waals surface area contributed by atoms with E-state index in [-0.39, 0.29) is 31.1 Å². The predicted octanol–water partition coefficient (Wildman–Crippen LogP) is 0.527. The van der Waals surface area contributed by atoms with Gasteiger partial charge in [-0.25, -0.2) is 0 Å². The molecular weight excluding hydrogens is 734 g/mol. The van der Waals surface area contributed by atoms with Crippen LogP contribution >= 0.6 is 0 Å². The van der Waals surface area contributed by atoms with Gasteiger partial charge in [0, 0.05) is 19.6 Å². The van der Waals surface area contributed by atoms with E-state index < -0.39 is 5.97 Å². The van der Waals surface area contributed by atoms with Gasteiger partial charge in [-0.1, -0.05) is 0 Å². The Balaban J connectivity index is 3.10. The van der Waals surface area contributed by atoms with Crippen molar-refractivity contribution in [3.8, 4) is 0 Å². The quantitative estimate of drug-likeness (QED) is 0.0634. The van der Waals surface area contributed by atoms with Gasteiger partial charge in [0.2, 0.25) is 5.91 Å². The van der Waals surface area contributed by atoms with Crippen LogP contribution in [0.2, 0.25) is 0 Å². The molecule has 0 spiro atoms. The third kappa shape index (κ3) is 48.0. The first-order valence-corrected chi connectivity index (χ1v) is 19.2. The Morgan fingerprint density at radius 2 is 0.655 bits per heavy atom. The van der Waals surface area contributed by atoms with Crippen molar-refractivity contribution in [2.45, 2.75) is 32.6 Å². The van der Waals surface area contributed by atoms with Crippen LogP contribution in [0, 0.1) is 0 Å². The first kappa shape index (κ1) is 52.9. The summed E-state index contributed by atoms with van der Waals surface area (Å²) in [6, 6.07) is 0. The average Bonchev–Trinajstić information content (AvgIpc) is 3.17. The summed E-state index contributed by atoms with van der Waals surface area (Å²) in [5, 5.41) is 11.2. The number of ether oxygens (including phenoxy) is 14. The molecule has 0 atom stereocenters. The molecule has 0 aromatic carbocycles. The van der Waals surface area contributed by atoms with Crippen molar-refractivity contribution in [3.63, 3.8) is 0 Å². The fourth-order valence-electron chi connectivity index (χ4n) is 3.84. The number of carbonyl (C=O) groups is 3. The Bertz CT molecular complexity index is 828. The molecule has 19 heteroatoms. The van der Waals surface area contributed by atoms with E-state index in [2.05, 4.69) is 5.32 Å². The van der Waals surface area contributed by atoms with Gasteiger partial charge >= 0.3 is 11.9 Å². The van der Waals surface area contributed by atoms with Crippen LogP contribution in [-0.2, 0) is 80.7 Å². The maximum absolute atomic E-state index is 11.4. The highest BCUT2D eigenvalue weighted by molar-refractivity contribution is 5.80. The zero-order valence-electron chi connectivity index (χ0n) is 33.0. The molecule has 0 aliphatic rings. The zero-order valence-corrected chi connectivity index (χ0v) is 33.0. The largest absolute Gasteiger partial charge is 0.481 e. The van der Waals surface area contributed by atoms with Gasteiger partial charge in [-0.3, -0.25) is 14.4 Å². The van der Waals surface area contributed by atoms with E-state index in [1.165, 1.54) is 0 Å². The average molecular weight is 804 g/mol. The summed E-state index contributed by atoms with van der Waals surface area (Å²) in [7, 11) is 0. The maximum Gasteiger partial charge on any atom is 0.308 e. The lowest BCUT2D eigenvalue weighted by molar-refractivity contribution is -0.144. The van der Waals surface area contributed by atoms with Gasteiger partial charge < -0.3 is 76.7 Å². The highest BCUT2D eigenvalue weighted by atomic mass is 16.6. The molecule has 0 heterocycles. The molecule has 0 fully saturated rings. The summed E-state index contributed by atoms with van der Waals surface area (Å²) in [5.41, 5.74) is 0. The van der Waals surface area contributed by atoms with E-state index >= 15 is 0 Å². The molecule has 55 heavy (non-hydrogen) atoms. The van der Waals surface area contributed by atoms with Crippen molar-refractivity contribution in [1.29, 1.82) is 0 Å². The monoisotopic (exact) mass is 803 g/mol. The summed E-state index contributed by atoms with van der Waals surface area (Å²) in [4.78, 5) is 32.9. The number of carboxylic acid groups (broad SMARTS) is 1. The molecule has 2 N–H and O–H groups in total. The molecule has 19 nitrogen and oxygen atoms in total. The summed E-state index contributed by atoms with van der Waals surface area (Å²) < 4.78 is 75.5. The van der Waals surface area contributed by atoms with E-state index in [0.717, 1.165) is 0 Å². The summed E-state index contributed by atoms with van der Waals surface area (Å²) in [6.45, 7) is 14.6. The van der Waals surface area contributed by atoms with Crippen LogP contribution in [0.3, 0.4) is 0 Å². The number of nitrogens with one attached hydrogen (secondary N) is 1. The minimum Gasteiger partial charge on any atom is -0.481 e. The topological polar surface area (TPSA) is 213 Å². The summed E-state index contributed by atoms with van der Waals surface area (Å²) in [6.07, 6.45) is 0.712. The van der Waals surface area contributed by atoms with Crippen molar-refractivity contribution < 1.29 is 85.8 Å². The fourth-order valence-corrected chi connectivity index (χ4v) is 3.84. The molecule has 0 unspecified atom stereocenters. The molecule has 0 aliphatic heterocycles. The van der Waals surface area contributed by atoms with Crippen molar-refractivity contribution in [3.05, 3.63) is 0 Å². The standard InChI is InChI=1S/C36H69NO18/c1-2-55-36(41)6-9-43-11-13-45-15-17-47-19-21-49-23-25-51-27-29-53-31-33-54-32-30-52-28-26-50-24-22-48-20-18-46-16-14-44-12-10-42-8-3-7-37-34(38)4-5-35(39)40/h2-33H2,1H3,(H,37,38)(H,39,40). The second-order valence-electron chi connectivity index (χ2n) is 11.1. The summed E-state index contributed by atoms with van der Waals surface area (Å²) in [5.74, 6) is -1.51. The molecule has 0 radical (unpaired) electrons. The number of hydrogen-bond donors (Lipinski definition) is 2. The summed E-state index contributed by atoms with van der Waals surface area (Å²) >= 11 is 0. The van der Waals surface area contributed by atoms with Crippen LogP contribution in [0.25, 0.3) is 0 Å². The molecule has 0 aliphatic carbocycles. The lowest BCUT2D eigenvalue weighted by atomic mass is 10.3. The molecule has 0 saturated heterocycles. The van der Waals surface area contributed by atoms with Crippen LogP contribution in [0.1, 0.15) is 32.6 Å². The number of hydrogen-bond acceptors (Lipinski definition) is 17. The lowest BCUT2D eigenvalue weighted by Crippen LogP contribution is -2.25. The van der Waals surface area contributed by atoms with Crippen molar-refractivity contribution in [2.75, 3.05) is 185 Å². The molecular formula is C36H69NO18. The van der Waals surface area contributed by atoms with Crippen LogP contribution in [0.4, 0.5) is 0 Å². The van der Waals surface area contributed by atoms with Gasteiger partial charge in [0.15, 0.2) is 0 Å². The normalized spacial score (nSPS) is 11.3. The second-order valence-corrected chi connectivity index (χ2v) is 11.1. The number of aliphatic carboxylic acids is 1. The number of rotatable bonds is 47. The molecule has 0 saturated carbocycles. The third-order valence-electron chi connectivity index (χ3n) is 6.57. The van der Waals surface area contributed by atoms with E-state index in [9.17, 15) is 14.4 Å². The molecule has 0 aromatic rings. The van der Waals surface area contributed by atoms with Crippen molar-refractivity contribution >= 4 is 17.8 Å².